The predicted molar refractivity (Wildman–Crippen MR) is 68.8 cm³/mol. The van der Waals surface area contributed by atoms with Gasteiger partial charge in [-0.1, -0.05) is 0 Å². The summed E-state index contributed by atoms with van der Waals surface area (Å²) in [6, 6.07) is 0. The molecule has 0 spiro atoms. The molecule has 0 saturated carbocycles. The third-order valence-corrected chi connectivity index (χ3v) is 4.00. The standard InChI is InChI=1S/C13H25N3O/c1-16-8-2-3-11(10-16)9-15-13(17)12-4-6-14-7-5-12/h11-12,14H,2-10H2,1H3,(H,15,17). The minimum atomic E-state index is 0.248. The van der Waals surface area contributed by atoms with Crippen molar-refractivity contribution in [1.82, 2.24) is 15.5 Å². The second-order valence-electron chi connectivity index (χ2n) is 5.54. The van der Waals surface area contributed by atoms with E-state index in [-0.39, 0.29) is 11.8 Å². The van der Waals surface area contributed by atoms with Crippen molar-refractivity contribution in [2.24, 2.45) is 11.8 Å². The highest BCUT2D eigenvalue weighted by molar-refractivity contribution is 5.78. The molecule has 0 aliphatic carbocycles. The Hall–Kier alpha value is -0.610. The first-order valence-corrected chi connectivity index (χ1v) is 6.92. The Morgan fingerprint density at radius 2 is 2.12 bits per heavy atom. The summed E-state index contributed by atoms with van der Waals surface area (Å²) in [5.41, 5.74) is 0. The zero-order chi connectivity index (χ0) is 12.1. The molecule has 2 fully saturated rings. The monoisotopic (exact) mass is 239 g/mol. The molecular weight excluding hydrogens is 214 g/mol. The van der Waals surface area contributed by atoms with Gasteiger partial charge in [-0.2, -0.15) is 0 Å². The molecule has 4 heteroatoms. The first kappa shape index (κ1) is 12.8. The van der Waals surface area contributed by atoms with Gasteiger partial charge < -0.3 is 15.5 Å². The van der Waals surface area contributed by atoms with Crippen LogP contribution in [0, 0.1) is 11.8 Å². The summed E-state index contributed by atoms with van der Waals surface area (Å²) < 4.78 is 0. The Bertz CT molecular complexity index is 251. The van der Waals surface area contributed by atoms with Gasteiger partial charge in [0.1, 0.15) is 0 Å². The summed E-state index contributed by atoms with van der Waals surface area (Å²) in [4.78, 5) is 14.3. The summed E-state index contributed by atoms with van der Waals surface area (Å²) in [7, 11) is 2.17. The number of amides is 1. The van der Waals surface area contributed by atoms with Crippen molar-refractivity contribution in [3.63, 3.8) is 0 Å². The molecule has 2 saturated heterocycles. The maximum Gasteiger partial charge on any atom is 0.223 e. The minimum Gasteiger partial charge on any atom is -0.356 e. The lowest BCUT2D eigenvalue weighted by Gasteiger charge is -2.30. The van der Waals surface area contributed by atoms with Crippen LogP contribution in [0.25, 0.3) is 0 Å². The number of nitrogens with one attached hydrogen (secondary N) is 2. The smallest absolute Gasteiger partial charge is 0.223 e. The van der Waals surface area contributed by atoms with E-state index >= 15 is 0 Å². The molecule has 2 aliphatic heterocycles. The van der Waals surface area contributed by atoms with Crippen molar-refractivity contribution in [3.05, 3.63) is 0 Å². The summed E-state index contributed by atoms with van der Waals surface area (Å²) in [6.45, 7) is 5.19. The molecule has 17 heavy (non-hydrogen) atoms. The fourth-order valence-corrected chi connectivity index (χ4v) is 2.91. The van der Waals surface area contributed by atoms with Gasteiger partial charge in [-0.05, 0) is 58.3 Å². The van der Waals surface area contributed by atoms with Gasteiger partial charge in [0.05, 0.1) is 0 Å². The average Bonchev–Trinajstić information content (AvgIpc) is 2.37. The molecule has 0 aromatic heterocycles. The molecule has 2 aliphatic rings. The van der Waals surface area contributed by atoms with E-state index in [0.717, 1.165) is 39.0 Å². The fraction of sp³-hybridized carbons (Fsp3) is 0.923. The van der Waals surface area contributed by atoms with Crippen molar-refractivity contribution >= 4 is 5.91 Å². The Morgan fingerprint density at radius 1 is 1.35 bits per heavy atom. The number of rotatable bonds is 3. The van der Waals surface area contributed by atoms with E-state index in [9.17, 15) is 4.79 Å². The van der Waals surface area contributed by atoms with Crippen molar-refractivity contribution in [2.45, 2.75) is 25.7 Å². The first-order chi connectivity index (χ1) is 8.25. The van der Waals surface area contributed by atoms with Gasteiger partial charge in [-0.25, -0.2) is 0 Å². The zero-order valence-electron chi connectivity index (χ0n) is 10.9. The molecule has 98 valence electrons. The van der Waals surface area contributed by atoms with Crippen molar-refractivity contribution in [1.29, 1.82) is 0 Å². The van der Waals surface area contributed by atoms with E-state index in [1.54, 1.807) is 0 Å². The maximum absolute atomic E-state index is 12.0. The molecule has 2 N–H and O–H groups in total. The third kappa shape index (κ3) is 3.96. The highest BCUT2D eigenvalue weighted by Crippen LogP contribution is 2.15. The second-order valence-corrected chi connectivity index (χ2v) is 5.54. The van der Waals surface area contributed by atoms with E-state index in [2.05, 4.69) is 22.6 Å². The van der Waals surface area contributed by atoms with Crippen LogP contribution in [-0.2, 0) is 4.79 Å². The molecule has 0 radical (unpaired) electrons. The quantitative estimate of drug-likeness (QED) is 0.751. The Labute approximate surface area is 104 Å². The molecule has 2 heterocycles. The lowest BCUT2D eigenvalue weighted by Crippen LogP contribution is -2.43. The van der Waals surface area contributed by atoms with E-state index in [1.165, 1.54) is 19.4 Å². The fourth-order valence-electron chi connectivity index (χ4n) is 2.91. The van der Waals surface area contributed by atoms with Crippen LogP contribution in [0.2, 0.25) is 0 Å². The summed E-state index contributed by atoms with van der Waals surface area (Å²) >= 11 is 0. The number of likely N-dealkylation sites (tertiary alicyclic amines) is 1. The van der Waals surface area contributed by atoms with Gasteiger partial charge in [0.2, 0.25) is 5.91 Å². The number of carbonyl (C=O) groups excluding carboxylic acids is 1. The van der Waals surface area contributed by atoms with Crippen molar-refractivity contribution < 1.29 is 4.79 Å². The minimum absolute atomic E-state index is 0.248. The van der Waals surface area contributed by atoms with Crippen LogP contribution in [0.15, 0.2) is 0 Å². The Kier molecular flexibility index (Phi) is 4.80. The molecule has 2 rings (SSSR count). The summed E-state index contributed by atoms with van der Waals surface area (Å²) in [6.07, 6.45) is 4.52. The highest BCUT2D eigenvalue weighted by Gasteiger charge is 2.22. The Balaban J connectivity index is 1.68. The van der Waals surface area contributed by atoms with Gasteiger partial charge in [0.25, 0.3) is 0 Å². The topological polar surface area (TPSA) is 44.4 Å². The van der Waals surface area contributed by atoms with Crippen LogP contribution >= 0.6 is 0 Å². The van der Waals surface area contributed by atoms with E-state index in [0.29, 0.717) is 5.92 Å². The molecule has 0 aromatic carbocycles. The number of hydrogen-bond acceptors (Lipinski definition) is 3. The van der Waals surface area contributed by atoms with Gasteiger partial charge >= 0.3 is 0 Å². The van der Waals surface area contributed by atoms with Crippen LogP contribution < -0.4 is 10.6 Å². The molecular formula is C13H25N3O. The number of carbonyl (C=O) groups is 1. The van der Waals surface area contributed by atoms with Gasteiger partial charge in [-0.3, -0.25) is 4.79 Å². The molecule has 4 nitrogen and oxygen atoms in total. The Morgan fingerprint density at radius 3 is 2.82 bits per heavy atom. The van der Waals surface area contributed by atoms with Crippen LogP contribution in [0.3, 0.4) is 0 Å². The van der Waals surface area contributed by atoms with Gasteiger partial charge in [-0.15, -0.1) is 0 Å². The third-order valence-electron chi connectivity index (χ3n) is 4.00. The molecule has 0 bridgehead atoms. The number of piperidine rings is 2. The SMILES string of the molecule is CN1CCCC(CNC(=O)C2CCNCC2)C1. The normalized spacial score (nSPS) is 27.9. The van der Waals surface area contributed by atoms with Gasteiger partial charge in [0.15, 0.2) is 0 Å². The lowest BCUT2D eigenvalue weighted by molar-refractivity contribution is -0.126. The van der Waals surface area contributed by atoms with E-state index in [1.807, 2.05) is 0 Å². The average molecular weight is 239 g/mol. The largest absolute Gasteiger partial charge is 0.356 e. The van der Waals surface area contributed by atoms with Gasteiger partial charge in [0, 0.05) is 19.0 Å². The maximum atomic E-state index is 12.0. The highest BCUT2D eigenvalue weighted by atomic mass is 16.1. The van der Waals surface area contributed by atoms with Crippen LogP contribution in [-0.4, -0.2) is 50.6 Å². The molecule has 1 atom stereocenters. The molecule has 1 unspecified atom stereocenters. The zero-order valence-corrected chi connectivity index (χ0v) is 10.9. The molecule has 1 amide bonds. The summed E-state index contributed by atoms with van der Waals surface area (Å²) in [5, 5.41) is 6.44. The van der Waals surface area contributed by atoms with Crippen molar-refractivity contribution in [2.75, 3.05) is 39.8 Å². The van der Waals surface area contributed by atoms with Crippen LogP contribution in [0.1, 0.15) is 25.7 Å². The van der Waals surface area contributed by atoms with Crippen LogP contribution in [0.4, 0.5) is 0 Å². The lowest BCUT2D eigenvalue weighted by atomic mass is 9.95. The van der Waals surface area contributed by atoms with Crippen molar-refractivity contribution in [3.8, 4) is 0 Å². The summed E-state index contributed by atoms with van der Waals surface area (Å²) in [5.74, 6) is 1.18. The second kappa shape index (κ2) is 6.36. The first-order valence-electron chi connectivity index (χ1n) is 6.92. The van der Waals surface area contributed by atoms with E-state index < -0.39 is 0 Å². The molecule has 0 aromatic rings. The van der Waals surface area contributed by atoms with Crippen LogP contribution in [0.5, 0.6) is 0 Å². The van der Waals surface area contributed by atoms with E-state index in [4.69, 9.17) is 0 Å². The predicted octanol–water partition coefficient (Wildman–Crippen LogP) is 0.444. The number of nitrogens with zero attached hydrogens (tertiary/aromatic N) is 1. The number of hydrogen-bond donors (Lipinski definition) is 2.